The molecule has 3 aromatic rings. The monoisotopic (exact) mass is 507 g/mol. The number of carbonyl (C=O) groups excluding carboxylic acids is 1. The average molecular weight is 508 g/mol. The molecule has 8 nitrogen and oxygen atoms in total. The SMILES string of the molecule is COc1ccc(/C=N/NC(=O)c2cccc(S(=O)(=O)N3CCCCC3)c2)cc1OCc1ccccc1. The van der Waals surface area contributed by atoms with E-state index in [4.69, 9.17) is 9.47 Å². The van der Waals surface area contributed by atoms with Gasteiger partial charge in [-0.25, -0.2) is 13.8 Å². The van der Waals surface area contributed by atoms with E-state index in [2.05, 4.69) is 10.5 Å². The van der Waals surface area contributed by atoms with Crippen LogP contribution < -0.4 is 14.9 Å². The number of carbonyl (C=O) groups is 1. The van der Waals surface area contributed by atoms with Crippen LogP contribution in [0.25, 0.3) is 0 Å². The van der Waals surface area contributed by atoms with E-state index in [1.165, 1.54) is 22.7 Å². The molecule has 1 heterocycles. The molecule has 4 rings (SSSR count). The lowest BCUT2D eigenvalue weighted by atomic mass is 10.2. The molecule has 0 bridgehead atoms. The number of benzene rings is 3. The number of piperidine rings is 1. The molecule has 0 atom stereocenters. The number of rotatable bonds is 9. The summed E-state index contributed by atoms with van der Waals surface area (Å²) in [4.78, 5) is 12.7. The summed E-state index contributed by atoms with van der Waals surface area (Å²) in [7, 11) is -2.06. The molecular formula is C27H29N3O5S. The Morgan fingerprint density at radius 1 is 0.972 bits per heavy atom. The van der Waals surface area contributed by atoms with Gasteiger partial charge in [-0.1, -0.05) is 42.8 Å². The van der Waals surface area contributed by atoms with Crippen molar-refractivity contribution in [3.8, 4) is 11.5 Å². The van der Waals surface area contributed by atoms with Gasteiger partial charge < -0.3 is 9.47 Å². The lowest BCUT2D eigenvalue weighted by Crippen LogP contribution is -2.35. The average Bonchev–Trinajstić information content (AvgIpc) is 2.93. The third-order valence-corrected chi connectivity index (χ3v) is 7.75. The van der Waals surface area contributed by atoms with Crippen LogP contribution in [0.1, 0.15) is 40.7 Å². The molecule has 1 N–H and O–H groups in total. The van der Waals surface area contributed by atoms with Gasteiger partial charge >= 0.3 is 0 Å². The predicted molar refractivity (Wildman–Crippen MR) is 138 cm³/mol. The van der Waals surface area contributed by atoms with Gasteiger partial charge in [-0.2, -0.15) is 9.41 Å². The minimum absolute atomic E-state index is 0.108. The Balaban J connectivity index is 1.42. The molecule has 0 unspecified atom stereocenters. The Morgan fingerprint density at radius 3 is 2.50 bits per heavy atom. The molecule has 36 heavy (non-hydrogen) atoms. The summed E-state index contributed by atoms with van der Waals surface area (Å²) < 4.78 is 38.6. The Bertz CT molecular complexity index is 1320. The lowest BCUT2D eigenvalue weighted by Gasteiger charge is -2.25. The highest BCUT2D eigenvalue weighted by Gasteiger charge is 2.26. The first kappa shape index (κ1) is 25.4. The Labute approximate surface area is 211 Å². The summed E-state index contributed by atoms with van der Waals surface area (Å²) >= 11 is 0. The van der Waals surface area contributed by atoms with Crippen LogP contribution in [0.5, 0.6) is 11.5 Å². The van der Waals surface area contributed by atoms with Crippen molar-refractivity contribution in [1.29, 1.82) is 0 Å². The number of methoxy groups -OCH3 is 1. The van der Waals surface area contributed by atoms with Crippen molar-refractivity contribution >= 4 is 22.1 Å². The smallest absolute Gasteiger partial charge is 0.271 e. The van der Waals surface area contributed by atoms with E-state index in [9.17, 15) is 13.2 Å². The summed E-state index contributed by atoms with van der Waals surface area (Å²) in [6.07, 6.45) is 4.21. The first-order valence-corrected chi connectivity index (χ1v) is 13.2. The third-order valence-electron chi connectivity index (χ3n) is 5.85. The van der Waals surface area contributed by atoms with Gasteiger partial charge in [0.25, 0.3) is 5.91 Å². The zero-order valence-corrected chi connectivity index (χ0v) is 20.9. The van der Waals surface area contributed by atoms with Crippen LogP contribution in [0, 0.1) is 0 Å². The topological polar surface area (TPSA) is 97.3 Å². The third kappa shape index (κ3) is 6.30. The first-order chi connectivity index (χ1) is 17.5. The number of hydrogen-bond donors (Lipinski definition) is 1. The maximum atomic E-state index is 12.9. The van der Waals surface area contributed by atoms with E-state index in [1.807, 2.05) is 30.3 Å². The van der Waals surface area contributed by atoms with Crippen molar-refractivity contribution in [3.63, 3.8) is 0 Å². The van der Waals surface area contributed by atoms with Crippen molar-refractivity contribution < 1.29 is 22.7 Å². The van der Waals surface area contributed by atoms with Gasteiger partial charge in [0.1, 0.15) is 6.61 Å². The van der Waals surface area contributed by atoms with Crippen LogP contribution in [0.4, 0.5) is 0 Å². The second-order valence-electron chi connectivity index (χ2n) is 8.38. The summed E-state index contributed by atoms with van der Waals surface area (Å²) in [5.74, 6) is 0.627. The maximum Gasteiger partial charge on any atom is 0.271 e. The van der Waals surface area contributed by atoms with Crippen LogP contribution in [0.3, 0.4) is 0 Å². The largest absolute Gasteiger partial charge is 0.493 e. The molecule has 188 valence electrons. The van der Waals surface area contributed by atoms with Crippen molar-refractivity contribution in [2.45, 2.75) is 30.8 Å². The van der Waals surface area contributed by atoms with Crippen molar-refractivity contribution in [2.24, 2.45) is 5.10 Å². The van der Waals surface area contributed by atoms with E-state index < -0.39 is 15.9 Å². The molecule has 3 aromatic carbocycles. The molecule has 1 saturated heterocycles. The fourth-order valence-electron chi connectivity index (χ4n) is 3.90. The van der Waals surface area contributed by atoms with Gasteiger partial charge in [0.15, 0.2) is 11.5 Å². The second kappa shape index (κ2) is 11.8. The number of hydrazone groups is 1. The van der Waals surface area contributed by atoms with E-state index in [0.29, 0.717) is 36.8 Å². The zero-order chi connectivity index (χ0) is 25.4. The van der Waals surface area contributed by atoms with Gasteiger partial charge in [-0.15, -0.1) is 0 Å². The van der Waals surface area contributed by atoms with Gasteiger partial charge in [0.2, 0.25) is 10.0 Å². The Morgan fingerprint density at radius 2 is 1.75 bits per heavy atom. The number of amides is 1. The fraction of sp³-hybridized carbons (Fsp3) is 0.259. The quantitative estimate of drug-likeness (QED) is 0.346. The molecule has 1 amide bonds. The molecule has 9 heteroatoms. The summed E-state index contributed by atoms with van der Waals surface area (Å²) in [5.41, 5.74) is 4.39. The zero-order valence-electron chi connectivity index (χ0n) is 20.1. The van der Waals surface area contributed by atoms with Crippen LogP contribution in [-0.4, -0.2) is 45.0 Å². The number of sulfonamides is 1. The molecule has 0 saturated carbocycles. The number of nitrogens with zero attached hydrogens (tertiary/aromatic N) is 2. The van der Waals surface area contributed by atoms with E-state index in [-0.39, 0.29) is 10.5 Å². The molecular weight excluding hydrogens is 478 g/mol. The van der Waals surface area contributed by atoms with Crippen LogP contribution in [0.2, 0.25) is 0 Å². The molecule has 0 radical (unpaired) electrons. The highest BCUT2D eigenvalue weighted by Crippen LogP contribution is 2.28. The summed E-state index contributed by atoms with van der Waals surface area (Å²) in [6, 6.07) is 21.1. The van der Waals surface area contributed by atoms with Crippen LogP contribution in [0.15, 0.2) is 82.8 Å². The molecule has 0 aromatic heterocycles. The molecule has 0 spiro atoms. The fourth-order valence-corrected chi connectivity index (χ4v) is 5.47. The van der Waals surface area contributed by atoms with Crippen LogP contribution >= 0.6 is 0 Å². The number of ether oxygens (including phenoxy) is 2. The Kier molecular flexibility index (Phi) is 8.35. The van der Waals surface area contributed by atoms with Gasteiger partial charge in [0.05, 0.1) is 18.2 Å². The second-order valence-corrected chi connectivity index (χ2v) is 10.3. The predicted octanol–water partition coefficient (Wildman–Crippen LogP) is 4.21. The lowest BCUT2D eigenvalue weighted by molar-refractivity contribution is 0.0955. The normalized spacial score (nSPS) is 14.5. The van der Waals surface area contributed by atoms with Crippen molar-refractivity contribution in [2.75, 3.05) is 20.2 Å². The standard InChI is InChI=1S/C27H29N3O5S/c1-34-25-14-13-22(17-26(25)35-20-21-9-4-2-5-10-21)19-28-29-27(31)23-11-8-12-24(18-23)36(32,33)30-15-6-3-7-16-30/h2,4-5,8-14,17-19H,3,6-7,15-16,20H2,1H3,(H,29,31)/b28-19+. The van der Waals surface area contributed by atoms with Crippen molar-refractivity contribution in [1.82, 2.24) is 9.73 Å². The minimum atomic E-state index is -3.63. The van der Waals surface area contributed by atoms with Gasteiger partial charge in [-0.3, -0.25) is 4.79 Å². The van der Waals surface area contributed by atoms with E-state index in [0.717, 1.165) is 24.8 Å². The van der Waals surface area contributed by atoms with Crippen LogP contribution in [-0.2, 0) is 16.6 Å². The first-order valence-electron chi connectivity index (χ1n) is 11.8. The molecule has 1 fully saturated rings. The number of hydrogen-bond acceptors (Lipinski definition) is 6. The minimum Gasteiger partial charge on any atom is -0.493 e. The summed E-state index contributed by atoms with van der Waals surface area (Å²) in [6.45, 7) is 1.38. The molecule has 1 aliphatic heterocycles. The Hall–Kier alpha value is -3.69. The van der Waals surface area contributed by atoms with E-state index in [1.54, 1.807) is 37.4 Å². The van der Waals surface area contributed by atoms with Gasteiger partial charge in [-0.05, 0) is 60.4 Å². The number of nitrogens with one attached hydrogen (secondary N) is 1. The molecule has 0 aliphatic carbocycles. The molecule has 1 aliphatic rings. The summed E-state index contributed by atoms with van der Waals surface area (Å²) in [5, 5.41) is 4.03. The highest BCUT2D eigenvalue weighted by molar-refractivity contribution is 7.89. The highest BCUT2D eigenvalue weighted by atomic mass is 32.2. The maximum absolute atomic E-state index is 12.9. The van der Waals surface area contributed by atoms with Gasteiger partial charge in [0, 0.05) is 18.7 Å². The van der Waals surface area contributed by atoms with Crippen molar-refractivity contribution in [3.05, 3.63) is 89.5 Å². The van der Waals surface area contributed by atoms with E-state index >= 15 is 0 Å².